The zero-order chi connectivity index (χ0) is 15.4. The van der Waals surface area contributed by atoms with Crippen LogP contribution in [0.5, 0.6) is 5.75 Å². The molecule has 21 heavy (non-hydrogen) atoms. The largest absolute Gasteiger partial charge is 0.462 e. The molecule has 1 heterocycles. The highest BCUT2D eigenvalue weighted by Crippen LogP contribution is 2.16. The SMILES string of the molecule is CCOC(=O)c1cn(C(=S)Oc2ccc(Cl)cc2)oc1=O. The van der Waals surface area contributed by atoms with E-state index in [0.29, 0.717) is 10.8 Å². The lowest BCUT2D eigenvalue weighted by Crippen LogP contribution is -2.15. The smallest absolute Gasteiger partial charge is 0.372 e. The standard InChI is InChI=1S/C13H10ClNO5S/c1-2-18-11(16)10-7-15(20-12(10)17)13(21)19-9-5-3-8(14)4-6-9/h3-7H,2H2,1H3. The maximum Gasteiger partial charge on any atom is 0.372 e. The molecule has 110 valence electrons. The van der Waals surface area contributed by atoms with Gasteiger partial charge in [-0.25, -0.2) is 9.59 Å². The fourth-order valence-electron chi connectivity index (χ4n) is 1.42. The first-order valence-corrected chi connectivity index (χ1v) is 6.67. The van der Waals surface area contributed by atoms with Crippen LogP contribution in [0.2, 0.25) is 5.02 Å². The predicted molar refractivity (Wildman–Crippen MR) is 79.0 cm³/mol. The molecule has 2 rings (SSSR count). The zero-order valence-electron chi connectivity index (χ0n) is 10.9. The van der Waals surface area contributed by atoms with E-state index in [4.69, 9.17) is 37.8 Å². The second-order valence-electron chi connectivity index (χ2n) is 3.79. The van der Waals surface area contributed by atoms with Crippen LogP contribution in [0.3, 0.4) is 0 Å². The molecule has 0 bridgehead atoms. The maximum absolute atomic E-state index is 11.5. The second kappa shape index (κ2) is 6.55. The highest BCUT2D eigenvalue weighted by Gasteiger charge is 2.19. The average molecular weight is 328 g/mol. The number of rotatable bonds is 3. The predicted octanol–water partition coefficient (Wildman–Crippen LogP) is 2.48. The fraction of sp³-hybridized carbons (Fsp3) is 0.154. The molecule has 0 spiro atoms. The quantitative estimate of drug-likeness (QED) is 0.637. The van der Waals surface area contributed by atoms with E-state index < -0.39 is 11.6 Å². The first-order valence-electron chi connectivity index (χ1n) is 5.89. The van der Waals surface area contributed by atoms with Crippen LogP contribution in [-0.4, -0.2) is 22.5 Å². The molecule has 0 aliphatic carbocycles. The number of thiocarbonyl (C=S) groups is 1. The summed E-state index contributed by atoms with van der Waals surface area (Å²) in [6.07, 6.45) is 1.12. The summed E-state index contributed by atoms with van der Waals surface area (Å²) in [6, 6.07) is 6.44. The van der Waals surface area contributed by atoms with Gasteiger partial charge in [0.15, 0.2) is 5.56 Å². The lowest BCUT2D eigenvalue weighted by atomic mass is 10.3. The summed E-state index contributed by atoms with van der Waals surface area (Å²) in [5, 5.41) is 0.398. The van der Waals surface area contributed by atoms with E-state index in [9.17, 15) is 9.59 Å². The average Bonchev–Trinajstić information content (AvgIpc) is 2.84. The number of hydrogen-bond donors (Lipinski definition) is 0. The van der Waals surface area contributed by atoms with Gasteiger partial charge in [-0.2, -0.15) is 0 Å². The molecule has 0 saturated carbocycles. The summed E-state index contributed by atoms with van der Waals surface area (Å²) in [7, 11) is 0. The molecule has 0 unspecified atom stereocenters. The number of aromatic nitrogens is 1. The van der Waals surface area contributed by atoms with Gasteiger partial charge in [0.1, 0.15) is 5.75 Å². The molecule has 6 nitrogen and oxygen atoms in total. The van der Waals surface area contributed by atoms with Gasteiger partial charge in [0, 0.05) is 5.02 Å². The molecule has 0 aliphatic heterocycles. The third-order valence-corrected chi connectivity index (χ3v) is 2.86. The van der Waals surface area contributed by atoms with Gasteiger partial charge in [-0.1, -0.05) is 11.6 Å². The Kier molecular flexibility index (Phi) is 4.77. The second-order valence-corrected chi connectivity index (χ2v) is 4.58. The maximum atomic E-state index is 11.5. The van der Waals surface area contributed by atoms with Crippen molar-refractivity contribution in [3.63, 3.8) is 0 Å². The summed E-state index contributed by atoms with van der Waals surface area (Å²) in [4.78, 5) is 23.0. The molecule has 0 atom stereocenters. The number of carbonyl (C=O) groups excluding carboxylic acids is 1. The minimum absolute atomic E-state index is 0.148. The summed E-state index contributed by atoms with van der Waals surface area (Å²) >= 11 is 10.7. The molecule has 0 aliphatic rings. The Labute approximate surface area is 129 Å². The molecule has 8 heteroatoms. The summed E-state index contributed by atoms with van der Waals surface area (Å²) in [5.74, 6) is -0.363. The number of halogens is 1. The molecule has 0 saturated heterocycles. The number of hydrogen-bond acceptors (Lipinski definition) is 6. The van der Waals surface area contributed by atoms with Crippen molar-refractivity contribution in [1.29, 1.82) is 0 Å². The molecular weight excluding hydrogens is 318 g/mol. The Morgan fingerprint density at radius 3 is 2.67 bits per heavy atom. The van der Waals surface area contributed by atoms with Crippen molar-refractivity contribution in [2.75, 3.05) is 6.61 Å². The molecular formula is C13H10ClNO5S. The van der Waals surface area contributed by atoms with E-state index in [1.165, 1.54) is 0 Å². The van der Waals surface area contributed by atoms with Crippen LogP contribution in [0.25, 0.3) is 0 Å². The van der Waals surface area contributed by atoms with Crippen LogP contribution in [0.1, 0.15) is 17.3 Å². The van der Waals surface area contributed by atoms with Gasteiger partial charge >= 0.3 is 16.8 Å². The van der Waals surface area contributed by atoms with Crippen LogP contribution in [0.4, 0.5) is 0 Å². The van der Waals surface area contributed by atoms with Crippen molar-refractivity contribution in [2.24, 2.45) is 0 Å². The van der Waals surface area contributed by atoms with Crippen LogP contribution >= 0.6 is 23.8 Å². The number of ether oxygens (including phenoxy) is 2. The van der Waals surface area contributed by atoms with Gasteiger partial charge in [-0.3, -0.25) is 0 Å². The summed E-state index contributed by atoms with van der Waals surface area (Å²) in [5.41, 5.74) is -1.10. The highest BCUT2D eigenvalue weighted by molar-refractivity contribution is 7.80. The van der Waals surface area contributed by atoms with Crippen molar-refractivity contribution in [3.05, 3.63) is 51.5 Å². The van der Waals surface area contributed by atoms with E-state index in [0.717, 1.165) is 10.9 Å². The van der Waals surface area contributed by atoms with Crippen LogP contribution in [0.15, 0.2) is 39.8 Å². The van der Waals surface area contributed by atoms with E-state index in [1.54, 1.807) is 31.2 Å². The molecule has 2 aromatic rings. The molecule has 1 aromatic carbocycles. The van der Waals surface area contributed by atoms with Gasteiger partial charge < -0.3 is 14.0 Å². The third-order valence-electron chi connectivity index (χ3n) is 2.34. The number of benzene rings is 1. The lowest BCUT2D eigenvalue weighted by molar-refractivity contribution is 0.0523. The zero-order valence-corrected chi connectivity index (χ0v) is 12.4. The Balaban J connectivity index is 2.16. The van der Waals surface area contributed by atoms with Crippen molar-refractivity contribution in [3.8, 4) is 5.75 Å². The molecule has 0 fully saturated rings. The number of carbonyl (C=O) groups is 1. The van der Waals surface area contributed by atoms with Gasteiger partial charge in [0.2, 0.25) is 0 Å². The molecule has 0 N–H and O–H groups in total. The minimum Gasteiger partial charge on any atom is -0.462 e. The van der Waals surface area contributed by atoms with E-state index in [-0.39, 0.29) is 17.3 Å². The first-order chi connectivity index (χ1) is 10.0. The van der Waals surface area contributed by atoms with Crippen LogP contribution in [-0.2, 0) is 4.74 Å². The first kappa shape index (κ1) is 15.3. The van der Waals surface area contributed by atoms with Gasteiger partial charge in [-0.15, -0.1) is 4.74 Å². The van der Waals surface area contributed by atoms with Crippen molar-refractivity contribution < 1.29 is 18.8 Å². The van der Waals surface area contributed by atoms with E-state index >= 15 is 0 Å². The Morgan fingerprint density at radius 2 is 2.05 bits per heavy atom. The summed E-state index contributed by atoms with van der Waals surface area (Å²) in [6.45, 7) is 1.78. The van der Waals surface area contributed by atoms with Gasteiger partial charge in [0.05, 0.1) is 12.8 Å². The normalized spacial score (nSPS) is 10.2. The van der Waals surface area contributed by atoms with Crippen molar-refractivity contribution in [2.45, 2.75) is 6.92 Å². The molecule has 1 aromatic heterocycles. The molecule has 0 amide bonds. The van der Waals surface area contributed by atoms with Crippen LogP contribution < -0.4 is 10.4 Å². The number of esters is 1. The van der Waals surface area contributed by atoms with Gasteiger partial charge in [0.25, 0.3) is 0 Å². The lowest BCUT2D eigenvalue weighted by Gasteiger charge is -2.05. The number of nitrogens with zero attached hydrogens (tertiary/aromatic N) is 1. The topological polar surface area (TPSA) is 70.7 Å². The van der Waals surface area contributed by atoms with E-state index in [2.05, 4.69) is 0 Å². The monoisotopic (exact) mass is 327 g/mol. The fourth-order valence-corrected chi connectivity index (χ4v) is 1.73. The van der Waals surface area contributed by atoms with E-state index in [1.807, 2.05) is 0 Å². The van der Waals surface area contributed by atoms with Crippen molar-refractivity contribution >= 4 is 35.0 Å². The minimum atomic E-state index is -0.851. The Bertz CT molecular complexity index is 719. The Hall–Kier alpha value is -2.12. The summed E-state index contributed by atoms with van der Waals surface area (Å²) < 4.78 is 15.7. The van der Waals surface area contributed by atoms with Crippen LogP contribution in [0, 0.1) is 0 Å². The molecule has 0 radical (unpaired) electrons. The van der Waals surface area contributed by atoms with Crippen molar-refractivity contribution in [1.82, 2.24) is 4.74 Å². The van der Waals surface area contributed by atoms with Gasteiger partial charge in [-0.05, 0) is 43.4 Å². The highest BCUT2D eigenvalue weighted by atomic mass is 35.5. The Morgan fingerprint density at radius 1 is 1.38 bits per heavy atom. The third kappa shape index (κ3) is 3.71.